The first-order valence-corrected chi connectivity index (χ1v) is 13.3. The Morgan fingerprint density at radius 3 is 2.62 bits per heavy atom. The third kappa shape index (κ3) is 4.74. The van der Waals surface area contributed by atoms with Crippen LogP contribution in [0.25, 0.3) is 11.0 Å². The average molecular weight is 583 g/mol. The van der Waals surface area contributed by atoms with Crippen molar-refractivity contribution in [2.45, 2.75) is 32.2 Å². The minimum atomic E-state index is -0.737. The van der Waals surface area contributed by atoms with Gasteiger partial charge in [0.2, 0.25) is 5.76 Å². The molecule has 8 heteroatoms. The van der Waals surface area contributed by atoms with Crippen LogP contribution in [0.5, 0.6) is 11.5 Å². The van der Waals surface area contributed by atoms with Gasteiger partial charge in [0.05, 0.1) is 30.7 Å². The second-order valence-corrected chi connectivity index (χ2v) is 10.2. The molecule has 5 rings (SSSR count). The molecule has 190 valence electrons. The predicted molar refractivity (Wildman–Crippen MR) is 148 cm³/mol. The highest BCUT2D eigenvalue weighted by Gasteiger charge is 2.44. The lowest BCUT2D eigenvalue weighted by atomic mass is 9.97. The number of halogens is 2. The van der Waals surface area contributed by atoms with Crippen molar-refractivity contribution in [1.82, 2.24) is 0 Å². The number of amides is 1. The van der Waals surface area contributed by atoms with Crippen LogP contribution >= 0.6 is 27.5 Å². The Hall–Kier alpha value is -3.29. The predicted octanol–water partition coefficient (Wildman–Crippen LogP) is 7.54. The first-order valence-electron chi connectivity index (χ1n) is 12.1. The highest BCUT2D eigenvalue weighted by Crippen LogP contribution is 2.43. The minimum absolute atomic E-state index is 0.0173. The summed E-state index contributed by atoms with van der Waals surface area (Å²) < 4.78 is 18.4. The lowest BCUT2D eigenvalue weighted by Crippen LogP contribution is -2.29. The van der Waals surface area contributed by atoms with E-state index < -0.39 is 11.9 Å². The van der Waals surface area contributed by atoms with Crippen molar-refractivity contribution in [3.63, 3.8) is 0 Å². The zero-order valence-corrected chi connectivity index (χ0v) is 22.8. The quantitative estimate of drug-likeness (QED) is 0.201. The summed E-state index contributed by atoms with van der Waals surface area (Å²) in [4.78, 5) is 29.2. The van der Waals surface area contributed by atoms with Crippen LogP contribution in [0.2, 0.25) is 5.02 Å². The van der Waals surface area contributed by atoms with E-state index in [-0.39, 0.29) is 16.8 Å². The molecule has 0 N–H and O–H groups in total. The maximum absolute atomic E-state index is 13.8. The molecular weight excluding hydrogens is 558 g/mol. The maximum atomic E-state index is 13.8. The lowest BCUT2D eigenvalue weighted by molar-refractivity contribution is 0.0971. The lowest BCUT2D eigenvalue weighted by Gasteiger charge is -2.26. The van der Waals surface area contributed by atoms with Gasteiger partial charge < -0.3 is 13.9 Å². The van der Waals surface area contributed by atoms with Crippen molar-refractivity contribution >= 4 is 50.1 Å². The number of hydrogen-bond donors (Lipinski definition) is 0. The third-order valence-corrected chi connectivity index (χ3v) is 7.16. The van der Waals surface area contributed by atoms with E-state index in [1.165, 1.54) is 0 Å². The highest BCUT2D eigenvalue weighted by molar-refractivity contribution is 9.10. The monoisotopic (exact) mass is 581 g/mol. The second-order valence-electron chi connectivity index (χ2n) is 8.84. The van der Waals surface area contributed by atoms with E-state index >= 15 is 0 Å². The van der Waals surface area contributed by atoms with Crippen LogP contribution in [-0.2, 0) is 0 Å². The number of carbonyl (C=O) groups excluding carboxylic acids is 1. The molecule has 6 nitrogen and oxygen atoms in total. The third-order valence-electron chi connectivity index (χ3n) is 6.43. The van der Waals surface area contributed by atoms with Gasteiger partial charge in [-0.05, 0) is 60.5 Å². The molecule has 1 aromatic heterocycles. The molecule has 1 amide bonds. The van der Waals surface area contributed by atoms with Crippen molar-refractivity contribution in [1.29, 1.82) is 0 Å². The molecule has 3 aromatic carbocycles. The number of fused-ring (bicyclic) bond motifs is 2. The fourth-order valence-corrected chi connectivity index (χ4v) is 5.22. The normalized spacial score (nSPS) is 14.8. The summed E-state index contributed by atoms with van der Waals surface area (Å²) in [5.74, 6) is 0.755. The Morgan fingerprint density at radius 2 is 1.86 bits per heavy atom. The van der Waals surface area contributed by atoms with Crippen molar-refractivity contribution in [3.05, 3.63) is 97.3 Å². The van der Waals surface area contributed by atoms with Crippen LogP contribution in [0.4, 0.5) is 5.69 Å². The first kappa shape index (κ1) is 25.4. The molecule has 0 fully saturated rings. The van der Waals surface area contributed by atoms with E-state index in [2.05, 4.69) is 22.9 Å². The molecule has 1 aliphatic heterocycles. The van der Waals surface area contributed by atoms with Gasteiger partial charge in [-0.3, -0.25) is 14.5 Å². The van der Waals surface area contributed by atoms with Crippen LogP contribution < -0.4 is 19.8 Å². The maximum Gasteiger partial charge on any atom is 0.295 e. The largest absolute Gasteiger partial charge is 0.493 e. The van der Waals surface area contributed by atoms with Gasteiger partial charge >= 0.3 is 0 Å². The van der Waals surface area contributed by atoms with Crippen molar-refractivity contribution < 1.29 is 18.7 Å². The zero-order chi connectivity index (χ0) is 26.1. The van der Waals surface area contributed by atoms with E-state index in [4.69, 9.17) is 25.5 Å². The molecular formula is C29H25BrClNO5. The minimum Gasteiger partial charge on any atom is -0.493 e. The molecule has 4 aromatic rings. The van der Waals surface area contributed by atoms with E-state index in [1.807, 2.05) is 42.5 Å². The number of nitrogens with zero attached hydrogens (tertiary/aromatic N) is 1. The molecule has 2 heterocycles. The summed E-state index contributed by atoms with van der Waals surface area (Å²) in [5, 5.41) is 0.735. The Bertz CT molecular complexity index is 1550. The average Bonchev–Trinajstić information content (AvgIpc) is 3.19. The number of methoxy groups -OCH3 is 1. The summed E-state index contributed by atoms with van der Waals surface area (Å²) in [6.45, 7) is 2.72. The molecule has 0 spiro atoms. The summed E-state index contributed by atoms with van der Waals surface area (Å²) >= 11 is 9.68. The van der Waals surface area contributed by atoms with Crippen LogP contribution in [0.1, 0.15) is 53.9 Å². The van der Waals surface area contributed by atoms with Gasteiger partial charge in [-0.2, -0.15) is 0 Å². The van der Waals surface area contributed by atoms with Gasteiger partial charge in [0.25, 0.3) is 5.91 Å². The fraction of sp³-hybridized carbons (Fsp3) is 0.241. The number of rotatable bonds is 8. The van der Waals surface area contributed by atoms with E-state index in [1.54, 1.807) is 30.2 Å². The topological polar surface area (TPSA) is 69.0 Å². The first-order chi connectivity index (χ1) is 17.9. The molecule has 0 saturated carbocycles. The smallest absolute Gasteiger partial charge is 0.295 e. The SMILES string of the molecule is CCCCCOc1ccc(C2c3c(oc4ccc(Cl)cc4c3=O)C(=O)N2c2cccc(Br)c2)cc1OC. The zero-order valence-electron chi connectivity index (χ0n) is 20.4. The Labute approximate surface area is 227 Å². The standard InChI is InChI=1S/C29H25BrClNO5/c1-3-4-5-13-36-23-11-9-17(14-24(23)35-2)26-25-27(33)21-16-19(31)10-12-22(21)37-28(25)29(34)32(26)20-8-6-7-18(30)15-20/h6-12,14-16,26H,3-5,13H2,1-2H3. The molecule has 37 heavy (non-hydrogen) atoms. The molecule has 1 aliphatic rings. The molecule has 0 saturated heterocycles. The van der Waals surface area contributed by atoms with Gasteiger partial charge in [0.1, 0.15) is 5.58 Å². The van der Waals surface area contributed by atoms with Crippen LogP contribution in [0.15, 0.2) is 74.3 Å². The fourth-order valence-electron chi connectivity index (χ4n) is 4.66. The van der Waals surface area contributed by atoms with E-state index in [0.717, 1.165) is 23.7 Å². The van der Waals surface area contributed by atoms with Gasteiger partial charge in [-0.25, -0.2) is 0 Å². The Kier molecular flexibility index (Phi) is 7.26. The number of ether oxygens (including phenoxy) is 2. The Morgan fingerprint density at radius 1 is 1.03 bits per heavy atom. The highest BCUT2D eigenvalue weighted by atomic mass is 79.9. The number of carbonyl (C=O) groups is 1. The summed E-state index contributed by atoms with van der Waals surface area (Å²) in [6, 6.07) is 16.9. The van der Waals surface area contributed by atoms with E-state index in [9.17, 15) is 9.59 Å². The molecule has 0 radical (unpaired) electrons. The van der Waals surface area contributed by atoms with Gasteiger partial charge in [0, 0.05) is 15.2 Å². The van der Waals surface area contributed by atoms with Gasteiger partial charge in [-0.15, -0.1) is 0 Å². The van der Waals surface area contributed by atoms with Crippen LogP contribution in [0, 0.1) is 0 Å². The number of benzene rings is 3. The van der Waals surface area contributed by atoms with Crippen molar-refractivity contribution in [3.8, 4) is 11.5 Å². The van der Waals surface area contributed by atoms with E-state index in [0.29, 0.717) is 45.3 Å². The molecule has 1 atom stereocenters. The molecule has 0 bridgehead atoms. The summed E-state index contributed by atoms with van der Waals surface area (Å²) in [5.41, 5.74) is 1.59. The molecule has 1 unspecified atom stereocenters. The van der Waals surface area contributed by atoms with Crippen LogP contribution in [-0.4, -0.2) is 19.6 Å². The number of anilines is 1. The van der Waals surface area contributed by atoms with Gasteiger partial charge in [0.15, 0.2) is 16.9 Å². The van der Waals surface area contributed by atoms with Crippen molar-refractivity contribution in [2.24, 2.45) is 0 Å². The van der Waals surface area contributed by atoms with Gasteiger partial charge in [-0.1, -0.05) is 59.4 Å². The second kappa shape index (κ2) is 10.6. The Balaban J connectivity index is 1.68. The van der Waals surface area contributed by atoms with Crippen LogP contribution in [0.3, 0.4) is 0 Å². The summed E-state index contributed by atoms with van der Waals surface area (Å²) in [7, 11) is 1.57. The molecule has 0 aliphatic carbocycles. The van der Waals surface area contributed by atoms with Crippen molar-refractivity contribution in [2.75, 3.05) is 18.6 Å². The summed E-state index contributed by atoms with van der Waals surface area (Å²) in [6.07, 6.45) is 3.12. The number of unbranched alkanes of at least 4 members (excludes halogenated alkanes) is 2. The number of hydrogen-bond acceptors (Lipinski definition) is 5.